The molecule has 258 valence electrons. The maximum Gasteiger partial charge on any atom is 0.164 e. The first-order valence-electron chi connectivity index (χ1n) is 18.8. The van der Waals surface area contributed by atoms with Gasteiger partial charge >= 0.3 is 0 Å². The highest BCUT2D eigenvalue weighted by molar-refractivity contribution is 6.13. The number of hydrogen-bond donors (Lipinski definition) is 0. The third-order valence-electron chi connectivity index (χ3n) is 11.4. The first kappa shape index (κ1) is 32.0. The Morgan fingerprint density at radius 1 is 0.407 bits per heavy atom. The van der Waals surface area contributed by atoms with Gasteiger partial charge in [-0.25, -0.2) is 15.0 Å². The van der Waals surface area contributed by atoms with Crippen molar-refractivity contribution in [1.29, 1.82) is 0 Å². The van der Waals surface area contributed by atoms with Crippen molar-refractivity contribution in [1.82, 2.24) is 15.0 Å². The fraction of sp³-hybridized carbons (Fsp3) is 0.100. The quantitative estimate of drug-likeness (QED) is 0.167. The van der Waals surface area contributed by atoms with Crippen molar-refractivity contribution in [2.45, 2.75) is 32.1 Å². The van der Waals surface area contributed by atoms with Crippen LogP contribution in [-0.2, 0) is 5.41 Å². The second kappa shape index (κ2) is 12.8. The van der Waals surface area contributed by atoms with E-state index in [4.69, 9.17) is 19.4 Å². The Balaban J connectivity index is 1.08. The molecule has 2 aromatic heterocycles. The lowest BCUT2D eigenvalue weighted by molar-refractivity contribution is 0.490. The van der Waals surface area contributed by atoms with Crippen LogP contribution in [0.5, 0.6) is 0 Å². The predicted octanol–water partition coefficient (Wildman–Crippen LogP) is 13.2. The van der Waals surface area contributed by atoms with Crippen LogP contribution in [0.15, 0.2) is 168 Å². The molecule has 1 aliphatic rings. The smallest absolute Gasteiger partial charge is 0.164 e. The van der Waals surface area contributed by atoms with Crippen LogP contribution in [0.3, 0.4) is 0 Å². The maximum atomic E-state index is 6.47. The summed E-state index contributed by atoms with van der Waals surface area (Å²) in [6.45, 7) is 4.61. The summed E-state index contributed by atoms with van der Waals surface area (Å²) in [5.41, 5.74) is 14.5. The van der Waals surface area contributed by atoms with E-state index in [0.717, 1.165) is 62.6 Å². The molecule has 0 amide bonds. The molecule has 2 heterocycles. The van der Waals surface area contributed by atoms with Crippen molar-refractivity contribution >= 4 is 21.9 Å². The zero-order valence-corrected chi connectivity index (χ0v) is 30.3. The van der Waals surface area contributed by atoms with E-state index in [2.05, 4.69) is 153 Å². The minimum atomic E-state index is 0.0138. The minimum Gasteiger partial charge on any atom is -0.456 e. The van der Waals surface area contributed by atoms with Crippen LogP contribution < -0.4 is 0 Å². The largest absolute Gasteiger partial charge is 0.456 e. The van der Waals surface area contributed by atoms with Crippen LogP contribution in [-0.4, -0.2) is 15.0 Å². The molecule has 0 radical (unpaired) electrons. The Morgan fingerprint density at radius 3 is 1.72 bits per heavy atom. The van der Waals surface area contributed by atoms with Gasteiger partial charge in [0.1, 0.15) is 11.2 Å². The van der Waals surface area contributed by atoms with E-state index < -0.39 is 0 Å². The molecule has 10 rings (SSSR count). The van der Waals surface area contributed by atoms with Crippen LogP contribution in [0.25, 0.3) is 89.5 Å². The van der Waals surface area contributed by atoms with E-state index >= 15 is 0 Å². The molecule has 7 aromatic carbocycles. The molecule has 9 aromatic rings. The first-order chi connectivity index (χ1) is 26.6. The lowest BCUT2D eigenvalue weighted by atomic mass is 9.74. The number of benzene rings is 7. The Hall–Kier alpha value is -6.65. The highest BCUT2D eigenvalue weighted by Gasteiger charge is 2.40. The molecule has 0 N–H and O–H groups in total. The fourth-order valence-corrected chi connectivity index (χ4v) is 8.67. The lowest BCUT2D eigenvalue weighted by Crippen LogP contribution is -2.22. The fourth-order valence-electron chi connectivity index (χ4n) is 8.67. The molecule has 4 heteroatoms. The number of fused-ring (bicyclic) bond motifs is 6. The van der Waals surface area contributed by atoms with Gasteiger partial charge in [0.05, 0.1) is 0 Å². The highest BCUT2D eigenvalue weighted by atomic mass is 16.3. The average Bonchev–Trinajstić information content (AvgIpc) is 3.77. The molecule has 0 aliphatic heterocycles. The van der Waals surface area contributed by atoms with Crippen molar-refractivity contribution in [3.05, 3.63) is 175 Å². The van der Waals surface area contributed by atoms with Gasteiger partial charge in [-0.3, -0.25) is 0 Å². The Labute approximate surface area is 314 Å². The summed E-state index contributed by atoms with van der Waals surface area (Å²) in [4.78, 5) is 15.3. The summed E-state index contributed by atoms with van der Waals surface area (Å²) < 4.78 is 6.47. The van der Waals surface area contributed by atoms with Crippen LogP contribution in [0.1, 0.15) is 37.8 Å². The molecule has 54 heavy (non-hydrogen) atoms. The van der Waals surface area contributed by atoms with Crippen LogP contribution >= 0.6 is 0 Å². The molecule has 0 atom stereocenters. The van der Waals surface area contributed by atoms with E-state index in [1.165, 1.54) is 33.4 Å². The lowest BCUT2D eigenvalue weighted by Gasteiger charge is -2.29. The van der Waals surface area contributed by atoms with Gasteiger partial charge in [0.15, 0.2) is 17.5 Å². The van der Waals surface area contributed by atoms with E-state index in [0.29, 0.717) is 17.5 Å². The monoisotopic (exact) mass is 695 g/mol. The van der Waals surface area contributed by atoms with Crippen molar-refractivity contribution in [2.75, 3.05) is 0 Å². The number of hydrogen-bond acceptors (Lipinski definition) is 4. The second-order valence-corrected chi connectivity index (χ2v) is 14.2. The Kier molecular flexibility index (Phi) is 7.58. The van der Waals surface area contributed by atoms with Gasteiger partial charge in [0.25, 0.3) is 0 Å². The molecule has 0 fully saturated rings. The van der Waals surface area contributed by atoms with Crippen molar-refractivity contribution < 1.29 is 4.42 Å². The zero-order chi connectivity index (χ0) is 36.2. The Bertz CT molecular complexity index is 2850. The van der Waals surface area contributed by atoms with Gasteiger partial charge in [-0.05, 0) is 87.7 Å². The maximum absolute atomic E-state index is 6.47. The molecule has 0 spiro atoms. The number of aromatic nitrogens is 3. The first-order valence-corrected chi connectivity index (χ1v) is 18.8. The van der Waals surface area contributed by atoms with Gasteiger partial charge in [0, 0.05) is 32.9 Å². The standard InChI is InChI=1S/C50H37N3O/c1-3-50(4-2)42-23-12-11-21-39(42)41-30-37(26-28-43(41)50)49-52-47(33-17-9-6-10-18-33)51-48(53-49)36-20-13-19-34(29-36)35-25-27-40-45(31-35)54-44-24-14-22-38(46(40)44)32-15-7-5-8-16-32/h5-31H,3-4H2,1-2H3. The van der Waals surface area contributed by atoms with Gasteiger partial charge in [-0.1, -0.05) is 147 Å². The molecule has 0 unspecified atom stereocenters. The molecule has 0 saturated heterocycles. The van der Waals surface area contributed by atoms with Gasteiger partial charge in [-0.2, -0.15) is 0 Å². The van der Waals surface area contributed by atoms with Crippen LogP contribution in [0, 0.1) is 0 Å². The predicted molar refractivity (Wildman–Crippen MR) is 221 cm³/mol. The van der Waals surface area contributed by atoms with Gasteiger partial charge < -0.3 is 4.42 Å². The van der Waals surface area contributed by atoms with E-state index in [9.17, 15) is 0 Å². The number of rotatable bonds is 7. The Morgan fingerprint density at radius 2 is 0.963 bits per heavy atom. The summed E-state index contributed by atoms with van der Waals surface area (Å²) in [5.74, 6) is 1.94. The molecule has 4 nitrogen and oxygen atoms in total. The zero-order valence-electron chi connectivity index (χ0n) is 30.3. The molecular weight excluding hydrogens is 659 g/mol. The summed E-state index contributed by atoms with van der Waals surface area (Å²) in [7, 11) is 0. The van der Waals surface area contributed by atoms with Crippen LogP contribution in [0.2, 0.25) is 0 Å². The summed E-state index contributed by atoms with van der Waals surface area (Å²) in [6.07, 6.45) is 2.10. The van der Waals surface area contributed by atoms with Gasteiger partial charge in [-0.15, -0.1) is 0 Å². The van der Waals surface area contributed by atoms with Crippen molar-refractivity contribution in [3.63, 3.8) is 0 Å². The average molecular weight is 696 g/mol. The third kappa shape index (κ3) is 5.09. The topological polar surface area (TPSA) is 51.8 Å². The highest BCUT2D eigenvalue weighted by Crippen LogP contribution is 2.53. The molecular formula is C50H37N3O. The third-order valence-corrected chi connectivity index (χ3v) is 11.4. The summed E-state index contributed by atoms with van der Waals surface area (Å²) >= 11 is 0. The van der Waals surface area contributed by atoms with Crippen molar-refractivity contribution in [2.24, 2.45) is 0 Å². The van der Waals surface area contributed by atoms with E-state index in [-0.39, 0.29) is 5.41 Å². The number of furan rings is 1. The molecule has 1 aliphatic carbocycles. The SMILES string of the molecule is CCC1(CC)c2ccccc2-c2cc(-c3nc(-c4ccccc4)nc(-c4cccc(-c5ccc6c(c5)oc5cccc(-c7ccccc7)c56)c4)n3)ccc21. The van der Waals surface area contributed by atoms with Gasteiger partial charge in [0.2, 0.25) is 0 Å². The van der Waals surface area contributed by atoms with E-state index in [1.807, 2.05) is 24.3 Å². The summed E-state index contributed by atoms with van der Waals surface area (Å²) in [5, 5.41) is 2.24. The second-order valence-electron chi connectivity index (χ2n) is 14.2. The summed E-state index contributed by atoms with van der Waals surface area (Å²) in [6, 6.07) is 57.6. The normalized spacial score (nSPS) is 12.9. The molecule has 0 saturated carbocycles. The van der Waals surface area contributed by atoms with Crippen molar-refractivity contribution in [3.8, 4) is 67.5 Å². The molecule has 0 bridgehead atoms. The van der Waals surface area contributed by atoms with E-state index in [1.54, 1.807) is 0 Å². The van der Waals surface area contributed by atoms with Crippen LogP contribution in [0.4, 0.5) is 0 Å². The number of nitrogens with zero attached hydrogens (tertiary/aromatic N) is 3. The minimum absolute atomic E-state index is 0.0138.